The van der Waals surface area contributed by atoms with E-state index in [0.29, 0.717) is 62.1 Å². The Hall–Kier alpha value is -2.25. The number of nitrogens with one attached hydrogen (secondary N) is 2. The molecule has 3 aliphatic carbocycles. The summed E-state index contributed by atoms with van der Waals surface area (Å²) >= 11 is 19.0. The van der Waals surface area contributed by atoms with E-state index in [1.54, 1.807) is 47.1 Å². The van der Waals surface area contributed by atoms with Crippen molar-refractivity contribution in [1.82, 2.24) is 20.4 Å². The number of aromatic nitrogens is 2. The molecule has 0 atom stereocenters. The van der Waals surface area contributed by atoms with E-state index in [1.165, 1.54) is 25.7 Å². The number of fused-ring (bicyclic) bond motifs is 2. The van der Waals surface area contributed by atoms with Gasteiger partial charge in [-0.1, -0.05) is 47.6 Å². The molecule has 200 valence electrons. The molecule has 1 aromatic heterocycles. The Morgan fingerprint density at radius 2 is 1.71 bits per heavy atom. The fourth-order valence-electron chi connectivity index (χ4n) is 6.36. The van der Waals surface area contributed by atoms with Gasteiger partial charge in [0.05, 0.1) is 16.3 Å². The molecule has 0 saturated heterocycles. The smallest absolute Gasteiger partial charge is 0.272 e. The molecule has 3 fully saturated rings. The maximum absolute atomic E-state index is 13.9. The molecule has 6 nitrogen and oxygen atoms in total. The van der Waals surface area contributed by atoms with Gasteiger partial charge in [0.25, 0.3) is 5.91 Å². The number of hydrogen-bond donors (Lipinski definition) is 2. The van der Waals surface area contributed by atoms with Gasteiger partial charge in [-0.3, -0.25) is 4.79 Å². The molecule has 0 radical (unpaired) electrons. The highest BCUT2D eigenvalue weighted by Gasteiger charge is 2.46. The van der Waals surface area contributed by atoms with Crippen LogP contribution in [0.15, 0.2) is 42.5 Å². The third-order valence-electron chi connectivity index (χ3n) is 8.36. The number of nitrogens with zero attached hydrogens (tertiary/aromatic N) is 2. The normalized spacial score (nSPS) is 22.8. The SMILES string of the molecule is O=C(NC12CCC(CC1)C2)c1nn(-c2ccc(Cl)cc2Cl)c(Oc2ccc(Cl)cc2)c1CNC1CCCC1. The molecule has 38 heavy (non-hydrogen) atoms. The predicted molar refractivity (Wildman–Crippen MR) is 151 cm³/mol. The van der Waals surface area contributed by atoms with Gasteiger partial charge in [0.1, 0.15) is 5.75 Å². The van der Waals surface area contributed by atoms with Crippen molar-refractivity contribution in [3.8, 4) is 17.3 Å². The Bertz CT molecular complexity index is 1330. The Morgan fingerprint density at radius 3 is 2.37 bits per heavy atom. The quantitative estimate of drug-likeness (QED) is 0.289. The molecule has 9 heteroatoms. The van der Waals surface area contributed by atoms with Gasteiger partial charge in [-0.05, 0) is 93.3 Å². The molecule has 3 saturated carbocycles. The molecule has 6 rings (SSSR count). The minimum atomic E-state index is -0.166. The van der Waals surface area contributed by atoms with Crippen molar-refractivity contribution in [1.29, 1.82) is 0 Å². The van der Waals surface area contributed by atoms with Gasteiger partial charge in [0.2, 0.25) is 5.88 Å². The van der Waals surface area contributed by atoms with E-state index in [1.807, 2.05) is 0 Å². The zero-order chi connectivity index (χ0) is 26.3. The molecule has 0 unspecified atom stereocenters. The molecule has 2 bridgehead atoms. The summed E-state index contributed by atoms with van der Waals surface area (Å²) in [6.45, 7) is 0.456. The van der Waals surface area contributed by atoms with Crippen LogP contribution in [0.2, 0.25) is 15.1 Å². The van der Waals surface area contributed by atoms with Crippen molar-refractivity contribution in [3.05, 3.63) is 68.8 Å². The molecule has 1 heterocycles. The number of rotatable bonds is 8. The van der Waals surface area contributed by atoms with Crippen LogP contribution in [0.1, 0.15) is 73.8 Å². The fraction of sp³-hybridized carbons (Fsp3) is 0.448. The summed E-state index contributed by atoms with van der Waals surface area (Å²) in [5.41, 5.74) is 1.52. The number of halogens is 3. The number of carbonyl (C=O) groups excluding carboxylic acids is 1. The zero-order valence-corrected chi connectivity index (χ0v) is 23.4. The predicted octanol–water partition coefficient (Wildman–Crippen LogP) is 7.72. The Balaban J connectivity index is 1.43. The third-order valence-corrected chi connectivity index (χ3v) is 9.15. The number of hydrogen-bond acceptors (Lipinski definition) is 4. The van der Waals surface area contributed by atoms with E-state index in [4.69, 9.17) is 44.6 Å². The summed E-state index contributed by atoms with van der Waals surface area (Å²) in [4.78, 5) is 13.9. The lowest BCUT2D eigenvalue weighted by Gasteiger charge is -2.27. The number of ether oxygens (including phenoxy) is 1. The minimum Gasteiger partial charge on any atom is -0.439 e. The second-order valence-corrected chi connectivity index (χ2v) is 12.2. The average molecular weight is 574 g/mol. The standard InChI is InChI=1S/C29H31Cl3N4O2/c30-19-5-8-22(9-6-19)38-28-23(17-33-21-3-1-2-4-21)26(27(37)34-29-13-11-18(16-29)12-14-29)35-36(28)25-10-7-20(31)15-24(25)32/h5-10,15,18,21,33H,1-4,11-14,16-17H2,(H,34,37). The highest BCUT2D eigenvalue weighted by molar-refractivity contribution is 6.35. The summed E-state index contributed by atoms with van der Waals surface area (Å²) in [6, 6.07) is 12.8. The third kappa shape index (κ3) is 5.29. The first-order valence-electron chi connectivity index (χ1n) is 13.5. The lowest BCUT2D eigenvalue weighted by molar-refractivity contribution is 0.0894. The monoisotopic (exact) mass is 572 g/mol. The van der Waals surface area contributed by atoms with Crippen LogP contribution in [0.3, 0.4) is 0 Å². The van der Waals surface area contributed by atoms with Crippen LogP contribution in [-0.4, -0.2) is 27.3 Å². The van der Waals surface area contributed by atoms with Crippen molar-refractivity contribution < 1.29 is 9.53 Å². The van der Waals surface area contributed by atoms with Gasteiger partial charge < -0.3 is 15.4 Å². The van der Waals surface area contributed by atoms with Gasteiger partial charge in [-0.15, -0.1) is 0 Å². The highest BCUT2D eigenvalue weighted by atomic mass is 35.5. The number of amides is 1. The first-order valence-corrected chi connectivity index (χ1v) is 14.6. The van der Waals surface area contributed by atoms with E-state index in [0.717, 1.165) is 32.1 Å². The second-order valence-electron chi connectivity index (χ2n) is 10.9. The van der Waals surface area contributed by atoms with Crippen molar-refractivity contribution in [2.24, 2.45) is 5.92 Å². The van der Waals surface area contributed by atoms with Crippen LogP contribution in [0.4, 0.5) is 0 Å². The number of benzene rings is 2. The summed E-state index contributed by atoms with van der Waals surface area (Å²) in [6.07, 6.45) is 10.1. The molecule has 0 aliphatic heterocycles. The topological polar surface area (TPSA) is 68.2 Å². The Morgan fingerprint density at radius 1 is 1.00 bits per heavy atom. The molecule has 3 aliphatic rings. The van der Waals surface area contributed by atoms with Crippen LogP contribution in [-0.2, 0) is 6.54 Å². The molecular formula is C29H31Cl3N4O2. The van der Waals surface area contributed by atoms with Crippen molar-refractivity contribution in [2.45, 2.75) is 75.9 Å². The zero-order valence-electron chi connectivity index (χ0n) is 21.1. The van der Waals surface area contributed by atoms with E-state index in [2.05, 4.69) is 10.6 Å². The van der Waals surface area contributed by atoms with Crippen molar-refractivity contribution >= 4 is 40.7 Å². The highest BCUT2D eigenvalue weighted by Crippen LogP contribution is 2.48. The van der Waals surface area contributed by atoms with Crippen LogP contribution >= 0.6 is 34.8 Å². The van der Waals surface area contributed by atoms with Gasteiger partial charge in [0, 0.05) is 28.2 Å². The van der Waals surface area contributed by atoms with Gasteiger partial charge in [-0.25, -0.2) is 0 Å². The second kappa shape index (κ2) is 10.7. The minimum absolute atomic E-state index is 0.128. The van der Waals surface area contributed by atoms with Crippen LogP contribution < -0.4 is 15.4 Å². The summed E-state index contributed by atoms with van der Waals surface area (Å²) in [5, 5.41) is 13.4. The van der Waals surface area contributed by atoms with Crippen molar-refractivity contribution in [3.63, 3.8) is 0 Å². The average Bonchev–Trinajstić information content (AvgIpc) is 3.69. The lowest BCUT2D eigenvalue weighted by atomic mass is 9.93. The van der Waals surface area contributed by atoms with E-state index in [9.17, 15) is 4.79 Å². The molecule has 1 amide bonds. The lowest BCUT2D eigenvalue weighted by Crippen LogP contribution is -2.45. The van der Waals surface area contributed by atoms with Crippen LogP contribution in [0, 0.1) is 5.92 Å². The first-order chi connectivity index (χ1) is 18.4. The van der Waals surface area contributed by atoms with Gasteiger partial charge in [-0.2, -0.15) is 9.78 Å². The summed E-state index contributed by atoms with van der Waals surface area (Å²) in [7, 11) is 0. The van der Waals surface area contributed by atoms with E-state index >= 15 is 0 Å². The molecule has 0 spiro atoms. The molecule has 2 aromatic carbocycles. The van der Waals surface area contributed by atoms with E-state index < -0.39 is 0 Å². The van der Waals surface area contributed by atoms with Crippen LogP contribution in [0.25, 0.3) is 5.69 Å². The molecule has 3 aromatic rings. The maximum Gasteiger partial charge on any atom is 0.272 e. The molecular weight excluding hydrogens is 543 g/mol. The van der Waals surface area contributed by atoms with Gasteiger partial charge >= 0.3 is 0 Å². The maximum atomic E-state index is 13.9. The Kier molecular flexibility index (Phi) is 7.34. The Labute approximate surface area is 238 Å². The largest absolute Gasteiger partial charge is 0.439 e. The van der Waals surface area contributed by atoms with E-state index in [-0.39, 0.29) is 11.4 Å². The number of carbonyl (C=O) groups is 1. The fourth-order valence-corrected chi connectivity index (χ4v) is 6.97. The molecule has 2 N–H and O–H groups in total. The van der Waals surface area contributed by atoms with Gasteiger partial charge in [0.15, 0.2) is 5.69 Å². The summed E-state index contributed by atoms with van der Waals surface area (Å²) < 4.78 is 8.06. The summed E-state index contributed by atoms with van der Waals surface area (Å²) in [5.74, 6) is 1.58. The van der Waals surface area contributed by atoms with Crippen LogP contribution in [0.5, 0.6) is 11.6 Å². The first kappa shape index (κ1) is 26.0. The van der Waals surface area contributed by atoms with Crippen molar-refractivity contribution in [2.75, 3.05) is 0 Å².